The normalized spacial score (nSPS) is 13.2. The molecule has 1 heterocycles. The quantitative estimate of drug-likeness (QED) is 0.573. The Balaban J connectivity index is 2.09. The molecule has 0 aliphatic rings. The summed E-state index contributed by atoms with van der Waals surface area (Å²) in [5, 5.41) is 12.0. The number of hydrogen-bond donors (Lipinski definition) is 3. The summed E-state index contributed by atoms with van der Waals surface area (Å²) >= 11 is 1.48. The summed E-state index contributed by atoms with van der Waals surface area (Å²) in [7, 11) is -3.65. The number of nitrogens with zero attached hydrogens (tertiary/aromatic N) is 1. The van der Waals surface area contributed by atoms with Gasteiger partial charge in [0.2, 0.25) is 10.0 Å². The van der Waals surface area contributed by atoms with Crippen molar-refractivity contribution in [1.82, 2.24) is 9.71 Å². The highest BCUT2D eigenvalue weighted by atomic mass is 32.2. The van der Waals surface area contributed by atoms with Crippen LogP contribution in [0.15, 0.2) is 34.7 Å². The van der Waals surface area contributed by atoms with Gasteiger partial charge in [0.1, 0.15) is 5.75 Å². The molecule has 1 unspecified atom stereocenters. The minimum Gasteiger partial charge on any atom is -0.506 e. The number of rotatable bonds is 5. The van der Waals surface area contributed by atoms with E-state index in [1.54, 1.807) is 6.20 Å². The molecule has 8 heteroatoms. The summed E-state index contributed by atoms with van der Waals surface area (Å²) in [5.41, 5.74) is 5.53. The molecule has 2 rings (SSSR count). The third-order valence-electron chi connectivity index (χ3n) is 2.76. The number of benzene rings is 1. The molecule has 0 bridgehead atoms. The van der Waals surface area contributed by atoms with Crippen molar-refractivity contribution in [3.8, 4) is 5.75 Å². The minimum absolute atomic E-state index is 0.0146. The van der Waals surface area contributed by atoms with Crippen molar-refractivity contribution in [2.24, 2.45) is 0 Å². The molecule has 0 aliphatic heterocycles. The zero-order valence-electron chi connectivity index (χ0n) is 10.8. The first-order valence-electron chi connectivity index (χ1n) is 5.87. The van der Waals surface area contributed by atoms with Gasteiger partial charge in [-0.2, -0.15) is 0 Å². The van der Waals surface area contributed by atoms with Gasteiger partial charge in [0.25, 0.3) is 0 Å². The summed E-state index contributed by atoms with van der Waals surface area (Å²) in [5.74, 6) is -0.153. The number of aromatic nitrogens is 1. The second kappa shape index (κ2) is 5.78. The van der Waals surface area contributed by atoms with Gasteiger partial charge in [0, 0.05) is 24.0 Å². The van der Waals surface area contributed by atoms with Crippen molar-refractivity contribution < 1.29 is 13.5 Å². The zero-order valence-corrected chi connectivity index (χ0v) is 12.4. The van der Waals surface area contributed by atoms with Gasteiger partial charge in [-0.25, -0.2) is 18.1 Å². The van der Waals surface area contributed by atoms with Gasteiger partial charge in [-0.1, -0.05) is 6.92 Å². The highest BCUT2D eigenvalue weighted by Crippen LogP contribution is 2.23. The molecule has 4 N–H and O–H groups in total. The van der Waals surface area contributed by atoms with Crippen LogP contribution >= 0.6 is 11.3 Å². The van der Waals surface area contributed by atoms with Crippen molar-refractivity contribution in [1.29, 1.82) is 0 Å². The zero-order chi connectivity index (χ0) is 14.8. The molecule has 0 aliphatic carbocycles. The van der Waals surface area contributed by atoms with E-state index in [1.807, 2.05) is 12.3 Å². The van der Waals surface area contributed by atoms with Crippen molar-refractivity contribution in [2.45, 2.75) is 17.7 Å². The first-order chi connectivity index (χ1) is 9.40. The van der Waals surface area contributed by atoms with Crippen LogP contribution in [0, 0.1) is 0 Å². The fourth-order valence-electron chi connectivity index (χ4n) is 1.58. The molecule has 0 radical (unpaired) electrons. The Kier molecular flexibility index (Phi) is 4.26. The number of phenolic OH excluding ortho intramolecular Hbond substituents is 1. The van der Waals surface area contributed by atoms with Crippen LogP contribution in [0.5, 0.6) is 5.75 Å². The average Bonchev–Trinajstić information content (AvgIpc) is 2.93. The van der Waals surface area contributed by atoms with Crippen molar-refractivity contribution in [3.63, 3.8) is 0 Å². The van der Waals surface area contributed by atoms with Gasteiger partial charge < -0.3 is 10.8 Å². The SMILES string of the molecule is CC(CNS(=O)(=O)c1ccc(O)c(N)c1)c1nccs1. The Hall–Kier alpha value is -1.64. The van der Waals surface area contributed by atoms with E-state index in [9.17, 15) is 13.5 Å². The Labute approximate surface area is 121 Å². The summed E-state index contributed by atoms with van der Waals surface area (Å²) < 4.78 is 26.7. The fraction of sp³-hybridized carbons (Fsp3) is 0.250. The molecule has 2 aromatic rings. The molecule has 0 spiro atoms. The van der Waals surface area contributed by atoms with E-state index in [0.29, 0.717) is 0 Å². The second-order valence-electron chi connectivity index (χ2n) is 4.34. The number of nitrogens with one attached hydrogen (secondary N) is 1. The number of phenols is 1. The first-order valence-corrected chi connectivity index (χ1v) is 8.24. The summed E-state index contributed by atoms with van der Waals surface area (Å²) in [6.07, 6.45) is 1.69. The van der Waals surface area contributed by atoms with Crippen LogP contribution in [0.3, 0.4) is 0 Å². The summed E-state index contributed by atoms with van der Waals surface area (Å²) in [6.45, 7) is 2.14. The Morgan fingerprint density at radius 3 is 2.85 bits per heavy atom. The summed E-state index contributed by atoms with van der Waals surface area (Å²) in [6, 6.07) is 3.79. The summed E-state index contributed by atoms with van der Waals surface area (Å²) in [4.78, 5) is 4.17. The molecular formula is C12H15N3O3S2. The third-order valence-corrected chi connectivity index (χ3v) is 5.19. The topological polar surface area (TPSA) is 105 Å². The number of aromatic hydroxyl groups is 1. The molecule has 1 aromatic carbocycles. The van der Waals surface area contributed by atoms with E-state index in [4.69, 9.17) is 5.73 Å². The van der Waals surface area contributed by atoms with E-state index in [1.165, 1.54) is 29.5 Å². The molecule has 1 atom stereocenters. The van der Waals surface area contributed by atoms with Crippen LogP contribution in [-0.2, 0) is 10.0 Å². The average molecular weight is 313 g/mol. The smallest absolute Gasteiger partial charge is 0.240 e. The van der Waals surface area contributed by atoms with Crippen LogP contribution in [0.4, 0.5) is 5.69 Å². The van der Waals surface area contributed by atoms with Gasteiger partial charge in [-0.05, 0) is 18.2 Å². The Bertz CT molecular complexity index is 684. The van der Waals surface area contributed by atoms with Gasteiger partial charge in [-0.3, -0.25) is 0 Å². The molecule has 0 amide bonds. The Morgan fingerprint density at radius 1 is 1.50 bits per heavy atom. The lowest BCUT2D eigenvalue weighted by Crippen LogP contribution is -2.27. The first kappa shape index (κ1) is 14.8. The van der Waals surface area contributed by atoms with Crippen molar-refractivity contribution >= 4 is 27.0 Å². The van der Waals surface area contributed by atoms with Gasteiger partial charge in [0.05, 0.1) is 15.6 Å². The van der Waals surface area contributed by atoms with Crippen LogP contribution in [0.1, 0.15) is 17.8 Å². The highest BCUT2D eigenvalue weighted by Gasteiger charge is 2.17. The van der Waals surface area contributed by atoms with E-state index < -0.39 is 10.0 Å². The predicted molar refractivity (Wildman–Crippen MR) is 78.2 cm³/mol. The number of sulfonamides is 1. The largest absolute Gasteiger partial charge is 0.506 e. The second-order valence-corrected chi connectivity index (χ2v) is 7.04. The molecular weight excluding hydrogens is 298 g/mol. The minimum atomic E-state index is -3.65. The molecule has 6 nitrogen and oxygen atoms in total. The third kappa shape index (κ3) is 3.27. The number of nitrogen functional groups attached to an aromatic ring is 1. The fourth-order valence-corrected chi connectivity index (χ4v) is 3.45. The van der Waals surface area contributed by atoms with Crippen LogP contribution < -0.4 is 10.5 Å². The highest BCUT2D eigenvalue weighted by molar-refractivity contribution is 7.89. The maximum absolute atomic E-state index is 12.1. The molecule has 0 saturated carbocycles. The maximum atomic E-state index is 12.1. The van der Waals surface area contributed by atoms with Crippen molar-refractivity contribution in [3.05, 3.63) is 34.8 Å². The molecule has 108 valence electrons. The number of thiazole rings is 1. The van der Waals surface area contributed by atoms with E-state index in [2.05, 4.69) is 9.71 Å². The van der Waals surface area contributed by atoms with E-state index >= 15 is 0 Å². The van der Waals surface area contributed by atoms with Gasteiger partial charge >= 0.3 is 0 Å². The lowest BCUT2D eigenvalue weighted by atomic mass is 10.2. The predicted octanol–water partition coefficient (Wildman–Crippen LogP) is 1.51. The van der Waals surface area contributed by atoms with Gasteiger partial charge in [0.15, 0.2) is 0 Å². The molecule has 0 saturated heterocycles. The van der Waals surface area contributed by atoms with Crippen LogP contribution in [0.2, 0.25) is 0 Å². The lowest BCUT2D eigenvalue weighted by molar-refractivity contribution is 0.477. The van der Waals surface area contributed by atoms with Crippen LogP contribution in [-0.4, -0.2) is 25.1 Å². The molecule has 0 fully saturated rings. The van der Waals surface area contributed by atoms with E-state index in [0.717, 1.165) is 5.01 Å². The maximum Gasteiger partial charge on any atom is 0.240 e. The van der Waals surface area contributed by atoms with Crippen LogP contribution in [0.25, 0.3) is 0 Å². The number of nitrogens with two attached hydrogens (primary N) is 1. The number of anilines is 1. The van der Waals surface area contributed by atoms with E-state index in [-0.39, 0.29) is 28.8 Å². The molecule has 1 aromatic heterocycles. The number of hydrogen-bond acceptors (Lipinski definition) is 6. The standard InChI is InChI=1S/C12H15N3O3S2/c1-8(12-14-4-5-19-12)7-15-20(17,18)9-2-3-11(16)10(13)6-9/h2-6,8,15-16H,7,13H2,1H3. The van der Waals surface area contributed by atoms with Gasteiger partial charge in [-0.15, -0.1) is 11.3 Å². The lowest BCUT2D eigenvalue weighted by Gasteiger charge is -2.11. The monoisotopic (exact) mass is 313 g/mol. The molecule has 20 heavy (non-hydrogen) atoms. The van der Waals surface area contributed by atoms with Crippen molar-refractivity contribution in [2.75, 3.05) is 12.3 Å². The Morgan fingerprint density at radius 2 is 2.25 bits per heavy atom.